The van der Waals surface area contributed by atoms with E-state index >= 15 is 0 Å². The molecule has 7 heteroatoms. The molecule has 1 aromatic carbocycles. The van der Waals surface area contributed by atoms with Gasteiger partial charge >= 0.3 is 0 Å². The van der Waals surface area contributed by atoms with E-state index in [1.54, 1.807) is 7.05 Å². The second kappa shape index (κ2) is 12.2. The first-order valence-electron chi connectivity index (χ1n) is 9.97. The fourth-order valence-corrected chi connectivity index (χ4v) is 4.32. The van der Waals surface area contributed by atoms with Crippen molar-refractivity contribution in [2.45, 2.75) is 39.3 Å². The van der Waals surface area contributed by atoms with Gasteiger partial charge in [0, 0.05) is 44.5 Å². The third kappa shape index (κ3) is 7.29. The summed E-state index contributed by atoms with van der Waals surface area (Å²) in [7, 11) is 1.78. The van der Waals surface area contributed by atoms with Crippen molar-refractivity contribution in [3.63, 3.8) is 0 Å². The third-order valence-electron chi connectivity index (χ3n) is 5.02. The van der Waals surface area contributed by atoms with Gasteiger partial charge in [-0.3, -0.25) is 9.79 Å². The molecule has 3 rings (SSSR count). The topological polar surface area (TPSA) is 56.7 Å². The number of nitrogens with zero attached hydrogens (tertiary/aromatic N) is 2. The van der Waals surface area contributed by atoms with E-state index in [1.165, 1.54) is 16.0 Å². The van der Waals surface area contributed by atoms with E-state index in [4.69, 9.17) is 0 Å². The molecule has 1 amide bonds. The highest BCUT2D eigenvalue weighted by molar-refractivity contribution is 14.0. The Morgan fingerprint density at radius 2 is 1.90 bits per heavy atom. The van der Waals surface area contributed by atoms with Gasteiger partial charge in [0.15, 0.2) is 5.96 Å². The molecule has 1 atom stereocenters. The summed E-state index contributed by atoms with van der Waals surface area (Å²) in [5.41, 5.74) is 2.55. The Hall–Kier alpha value is -1.61. The van der Waals surface area contributed by atoms with E-state index in [0.29, 0.717) is 12.3 Å². The molecule has 1 aliphatic rings. The number of fused-ring (bicyclic) bond motifs is 1. The van der Waals surface area contributed by atoms with Crippen LogP contribution in [-0.4, -0.2) is 36.9 Å². The quantitative estimate of drug-likeness (QED) is 0.237. The number of benzene rings is 1. The maximum absolute atomic E-state index is 12.4. The van der Waals surface area contributed by atoms with Gasteiger partial charge < -0.3 is 15.5 Å². The van der Waals surface area contributed by atoms with E-state index in [2.05, 4.69) is 52.2 Å². The van der Waals surface area contributed by atoms with E-state index in [9.17, 15) is 4.79 Å². The fraction of sp³-hybridized carbons (Fsp3) is 0.455. The van der Waals surface area contributed by atoms with E-state index in [1.807, 2.05) is 28.4 Å². The van der Waals surface area contributed by atoms with Gasteiger partial charge in [0.25, 0.3) is 0 Å². The Kier molecular flexibility index (Phi) is 9.93. The first-order valence-corrected chi connectivity index (χ1v) is 10.8. The first kappa shape index (κ1) is 23.7. The highest BCUT2D eigenvalue weighted by Gasteiger charge is 2.22. The molecule has 2 heterocycles. The Morgan fingerprint density at radius 3 is 2.52 bits per heavy atom. The minimum absolute atomic E-state index is 0. The van der Waals surface area contributed by atoms with Crippen LogP contribution in [0, 0.1) is 5.92 Å². The van der Waals surface area contributed by atoms with Crippen LogP contribution in [0.3, 0.4) is 0 Å². The van der Waals surface area contributed by atoms with Gasteiger partial charge in [-0.2, -0.15) is 0 Å². The maximum atomic E-state index is 12.4. The van der Waals surface area contributed by atoms with E-state index < -0.39 is 0 Å². The second-order valence-electron chi connectivity index (χ2n) is 7.39. The van der Waals surface area contributed by atoms with Crippen molar-refractivity contribution in [3.8, 4) is 0 Å². The molecule has 0 fully saturated rings. The lowest BCUT2D eigenvalue weighted by Crippen LogP contribution is -2.40. The minimum atomic E-state index is 0. The number of guanidine groups is 1. The predicted octanol–water partition coefficient (Wildman–Crippen LogP) is 4.03. The fourth-order valence-electron chi connectivity index (χ4n) is 3.45. The number of hydrogen-bond donors (Lipinski definition) is 2. The molecule has 29 heavy (non-hydrogen) atoms. The van der Waals surface area contributed by atoms with Gasteiger partial charge in [-0.1, -0.05) is 37.3 Å². The van der Waals surface area contributed by atoms with Gasteiger partial charge in [0.1, 0.15) is 0 Å². The molecule has 1 aromatic heterocycles. The molecule has 0 spiro atoms. The van der Waals surface area contributed by atoms with Crippen LogP contribution in [0.1, 0.15) is 35.8 Å². The zero-order valence-electron chi connectivity index (χ0n) is 17.2. The predicted molar refractivity (Wildman–Crippen MR) is 132 cm³/mol. The van der Waals surface area contributed by atoms with Crippen LogP contribution in [0.15, 0.2) is 46.8 Å². The van der Waals surface area contributed by atoms with Crippen LogP contribution in [0.25, 0.3) is 0 Å². The SMILES string of the molecule is CN=C(NCCCC(=O)N1Cc2ccccc2C1)NCC(C)Cc1cccs1.I. The van der Waals surface area contributed by atoms with Gasteiger partial charge in [0.2, 0.25) is 5.91 Å². The number of thiophene rings is 1. The number of aliphatic imine (C=N–C) groups is 1. The molecule has 0 aliphatic carbocycles. The molecule has 158 valence electrons. The summed E-state index contributed by atoms with van der Waals surface area (Å²) < 4.78 is 0. The number of nitrogens with one attached hydrogen (secondary N) is 2. The first-order chi connectivity index (χ1) is 13.7. The number of carbonyl (C=O) groups excluding carboxylic acids is 1. The summed E-state index contributed by atoms with van der Waals surface area (Å²) >= 11 is 1.81. The van der Waals surface area contributed by atoms with Crippen LogP contribution < -0.4 is 10.6 Å². The molecule has 0 radical (unpaired) electrons. The van der Waals surface area contributed by atoms with Gasteiger partial charge in [-0.15, -0.1) is 35.3 Å². The van der Waals surface area contributed by atoms with Crippen molar-refractivity contribution >= 4 is 47.2 Å². The molecule has 0 saturated heterocycles. The normalized spacial score (nSPS) is 14.1. The zero-order chi connectivity index (χ0) is 19.8. The minimum Gasteiger partial charge on any atom is -0.356 e. The van der Waals surface area contributed by atoms with Gasteiger partial charge in [-0.25, -0.2) is 0 Å². The zero-order valence-corrected chi connectivity index (χ0v) is 20.3. The number of amides is 1. The summed E-state index contributed by atoms with van der Waals surface area (Å²) in [5.74, 6) is 1.57. The molecule has 2 N–H and O–H groups in total. The van der Waals surface area contributed by atoms with Crippen molar-refractivity contribution in [1.29, 1.82) is 0 Å². The van der Waals surface area contributed by atoms with Crippen LogP contribution in [-0.2, 0) is 24.3 Å². The average molecular weight is 526 g/mol. The molecular formula is C22H31IN4OS. The van der Waals surface area contributed by atoms with Crippen molar-refractivity contribution in [1.82, 2.24) is 15.5 Å². The van der Waals surface area contributed by atoms with E-state index in [0.717, 1.165) is 45.0 Å². The van der Waals surface area contributed by atoms with Crippen LogP contribution in [0.4, 0.5) is 0 Å². The average Bonchev–Trinajstić information content (AvgIpc) is 3.36. The van der Waals surface area contributed by atoms with Gasteiger partial charge in [-0.05, 0) is 41.3 Å². The number of rotatable bonds is 8. The van der Waals surface area contributed by atoms with Crippen LogP contribution in [0.5, 0.6) is 0 Å². The largest absolute Gasteiger partial charge is 0.356 e. The van der Waals surface area contributed by atoms with Crippen molar-refractivity contribution in [3.05, 3.63) is 57.8 Å². The summed E-state index contributed by atoms with van der Waals surface area (Å²) in [6, 6.07) is 12.6. The monoisotopic (exact) mass is 526 g/mol. The van der Waals surface area contributed by atoms with Crippen LogP contribution in [0.2, 0.25) is 0 Å². The lowest BCUT2D eigenvalue weighted by Gasteiger charge is -2.17. The molecule has 0 bridgehead atoms. The second-order valence-corrected chi connectivity index (χ2v) is 8.42. The molecule has 1 aliphatic heterocycles. The van der Waals surface area contributed by atoms with Crippen molar-refractivity contribution < 1.29 is 4.79 Å². The number of carbonyl (C=O) groups is 1. The lowest BCUT2D eigenvalue weighted by molar-refractivity contribution is -0.131. The highest BCUT2D eigenvalue weighted by Crippen LogP contribution is 2.22. The standard InChI is InChI=1S/C22H30N4OS.HI/c1-17(13-20-9-6-12-28-20)14-25-22(23-2)24-11-5-10-21(27)26-15-18-7-3-4-8-19(18)16-26;/h3-4,6-9,12,17H,5,10-11,13-16H2,1-2H3,(H2,23,24,25);1H. The number of hydrogen-bond acceptors (Lipinski definition) is 3. The molecule has 5 nitrogen and oxygen atoms in total. The summed E-state index contributed by atoms with van der Waals surface area (Å²) in [6.07, 6.45) is 2.44. The van der Waals surface area contributed by atoms with Crippen molar-refractivity contribution in [2.24, 2.45) is 10.9 Å². The molecular weight excluding hydrogens is 495 g/mol. The van der Waals surface area contributed by atoms with Gasteiger partial charge in [0.05, 0.1) is 0 Å². The Labute approximate surface area is 195 Å². The molecule has 0 saturated carbocycles. The summed E-state index contributed by atoms with van der Waals surface area (Å²) in [5, 5.41) is 8.83. The number of halogens is 1. The third-order valence-corrected chi connectivity index (χ3v) is 5.92. The Balaban J connectivity index is 0.00000300. The Bertz CT molecular complexity index is 769. The summed E-state index contributed by atoms with van der Waals surface area (Å²) in [6.45, 7) is 5.35. The maximum Gasteiger partial charge on any atom is 0.223 e. The molecule has 2 aromatic rings. The summed E-state index contributed by atoms with van der Waals surface area (Å²) in [4.78, 5) is 20.1. The van der Waals surface area contributed by atoms with Crippen LogP contribution >= 0.6 is 35.3 Å². The van der Waals surface area contributed by atoms with E-state index in [-0.39, 0.29) is 29.9 Å². The molecule has 1 unspecified atom stereocenters. The van der Waals surface area contributed by atoms with Crippen molar-refractivity contribution in [2.75, 3.05) is 20.1 Å². The highest BCUT2D eigenvalue weighted by atomic mass is 127. The smallest absolute Gasteiger partial charge is 0.223 e. The Morgan fingerprint density at radius 1 is 1.17 bits per heavy atom. The lowest BCUT2D eigenvalue weighted by atomic mass is 10.1.